The highest BCUT2D eigenvalue weighted by atomic mass is 35.5. The Kier molecular flexibility index (Phi) is 42.4. The van der Waals surface area contributed by atoms with E-state index in [1.54, 1.807) is 5.56 Å². The summed E-state index contributed by atoms with van der Waals surface area (Å²) < 4.78 is 1.40. The normalized spacial score (nSPS) is 12.6. The molecule has 0 saturated heterocycles. The van der Waals surface area contributed by atoms with Gasteiger partial charge in [0.05, 0.1) is 25.2 Å². The molecular formula is C57H110ClN. The summed E-state index contributed by atoms with van der Waals surface area (Å²) >= 11 is 0. The van der Waals surface area contributed by atoms with Crippen LogP contribution in [0.2, 0.25) is 0 Å². The zero-order valence-electron chi connectivity index (χ0n) is 41.7. The Balaban J connectivity index is 0.0000336. The molecule has 0 aliphatic rings. The predicted molar refractivity (Wildman–Crippen MR) is 265 cm³/mol. The van der Waals surface area contributed by atoms with Crippen LogP contribution in [0.15, 0.2) is 30.3 Å². The van der Waals surface area contributed by atoms with E-state index in [1.807, 2.05) is 0 Å². The summed E-state index contributed by atoms with van der Waals surface area (Å²) in [5.41, 5.74) is 1.87. The molecule has 0 saturated carbocycles. The van der Waals surface area contributed by atoms with Gasteiger partial charge < -0.3 is 16.9 Å². The summed E-state index contributed by atoms with van der Waals surface area (Å²) in [6, 6.07) is 11.7. The van der Waals surface area contributed by atoms with Crippen LogP contribution in [0, 0.1) is 5.92 Å². The molecule has 59 heavy (non-hydrogen) atoms. The van der Waals surface area contributed by atoms with Crippen molar-refractivity contribution in [1.29, 1.82) is 0 Å². The van der Waals surface area contributed by atoms with Gasteiger partial charge in [-0.25, -0.2) is 0 Å². The minimum atomic E-state index is 0. The highest BCUT2D eigenvalue weighted by Gasteiger charge is 2.47. The lowest BCUT2D eigenvalue weighted by Gasteiger charge is -2.55. The molecular weight excluding hydrogens is 734 g/mol. The molecule has 0 spiro atoms. The van der Waals surface area contributed by atoms with Crippen molar-refractivity contribution in [1.82, 2.24) is 0 Å². The second kappa shape index (κ2) is 42.8. The minimum absolute atomic E-state index is 0. The highest BCUT2D eigenvalue weighted by molar-refractivity contribution is 5.16. The molecule has 1 aromatic carbocycles. The zero-order valence-corrected chi connectivity index (χ0v) is 42.5. The van der Waals surface area contributed by atoms with Gasteiger partial charge in [-0.3, -0.25) is 0 Å². The molecule has 0 radical (unpaired) electrons. The van der Waals surface area contributed by atoms with Crippen LogP contribution in [0.1, 0.15) is 298 Å². The fourth-order valence-electron chi connectivity index (χ4n) is 10.4. The van der Waals surface area contributed by atoms with Gasteiger partial charge in [0.15, 0.2) is 0 Å². The molecule has 1 nitrogen and oxygen atoms in total. The summed E-state index contributed by atoms with van der Waals surface area (Å²) in [6.07, 6.45) is 57.3. The number of benzene rings is 1. The lowest BCUT2D eigenvalue weighted by atomic mass is 9.75. The summed E-state index contributed by atoms with van der Waals surface area (Å²) in [6.45, 7) is 19.2. The molecule has 1 unspecified atom stereocenters. The summed E-state index contributed by atoms with van der Waals surface area (Å²) in [4.78, 5) is 0. The van der Waals surface area contributed by atoms with Gasteiger partial charge in [0.1, 0.15) is 0 Å². The summed E-state index contributed by atoms with van der Waals surface area (Å²) in [5.74, 6) is 0.740. The standard InChI is InChI=1S/C57H110N.ClH/c1-7-11-15-19-23-27-30-34-38-45-51-58(52-46-39-35-31-28-24-20-16-12-8-2,53-47-40-36-32-29-25-21-17-13-9-3)57(5,6)56(54-55-48-42-41-43-49-55)50-44-37-33-26-22-18-14-10-4;/h41-43,48-49,56H,7-40,44-47,50-54H2,1-6H3;1H/q+1;/p-1. The van der Waals surface area contributed by atoms with Gasteiger partial charge in [-0.2, -0.15) is 0 Å². The average Bonchev–Trinajstić information content (AvgIpc) is 3.23. The Morgan fingerprint density at radius 3 is 0.898 bits per heavy atom. The van der Waals surface area contributed by atoms with E-state index in [-0.39, 0.29) is 17.9 Å². The van der Waals surface area contributed by atoms with Crippen LogP contribution in [-0.2, 0) is 6.42 Å². The van der Waals surface area contributed by atoms with Gasteiger partial charge in [-0.05, 0) is 70.8 Å². The number of quaternary nitrogens is 1. The average molecular weight is 845 g/mol. The third-order valence-electron chi connectivity index (χ3n) is 14.8. The van der Waals surface area contributed by atoms with Crippen molar-refractivity contribution in [3.05, 3.63) is 35.9 Å². The van der Waals surface area contributed by atoms with Crippen molar-refractivity contribution in [3.63, 3.8) is 0 Å². The fraction of sp³-hybridized carbons (Fsp3) is 0.895. The van der Waals surface area contributed by atoms with Crippen LogP contribution in [-0.4, -0.2) is 29.7 Å². The lowest BCUT2D eigenvalue weighted by molar-refractivity contribution is -0.977. The first-order valence-electron chi connectivity index (χ1n) is 27.4. The minimum Gasteiger partial charge on any atom is -1.00 e. The maximum Gasteiger partial charge on any atom is 0.0967 e. The molecule has 2 heteroatoms. The largest absolute Gasteiger partial charge is 1.00 e. The van der Waals surface area contributed by atoms with Crippen molar-refractivity contribution < 1.29 is 16.9 Å². The van der Waals surface area contributed by atoms with Gasteiger partial charge in [-0.1, -0.05) is 263 Å². The van der Waals surface area contributed by atoms with E-state index < -0.39 is 0 Å². The Morgan fingerprint density at radius 2 is 0.610 bits per heavy atom. The van der Waals surface area contributed by atoms with Crippen molar-refractivity contribution in [3.8, 4) is 0 Å². The zero-order chi connectivity index (χ0) is 42.1. The van der Waals surface area contributed by atoms with E-state index >= 15 is 0 Å². The van der Waals surface area contributed by atoms with Gasteiger partial charge in [0, 0.05) is 5.92 Å². The van der Waals surface area contributed by atoms with Crippen LogP contribution in [0.25, 0.3) is 0 Å². The first-order chi connectivity index (χ1) is 28.5. The van der Waals surface area contributed by atoms with Crippen LogP contribution < -0.4 is 12.4 Å². The van der Waals surface area contributed by atoms with Crippen LogP contribution >= 0.6 is 0 Å². The molecule has 0 N–H and O–H groups in total. The van der Waals surface area contributed by atoms with E-state index in [9.17, 15) is 0 Å². The van der Waals surface area contributed by atoms with E-state index in [2.05, 4.69) is 71.9 Å². The summed E-state index contributed by atoms with van der Waals surface area (Å²) in [5, 5.41) is 0. The quantitative estimate of drug-likeness (QED) is 0.0453. The molecule has 1 aromatic rings. The van der Waals surface area contributed by atoms with Crippen molar-refractivity contribution in [2.75, 3.05) is 19.6 Å². The van der Waals surface area contributed by atoms with Crippen LogP contribution in [0.5, 0.6) is 0 Å². The van der Waals surface area contributed by atoms with Crippen molar-refractivity contribution in [2.45, 2.75) is 304 Å². The monoisotopic (exact) mass is 844 g/mol. The van der Waals surface area contributed by atoms with Crippen LogP contribution in [0.4, 0.5) is 0 Å². The SMILES string of the molecule is CCCCCCCCCCCC[N+](CCCCCCCCCCCC)(CCCCCCCCCCCC)C(C)(C)C(CCCCCCCCCC)Cc1ccccc1.[Cl-]. The Morgan fingerprint density at radius 1 is 0.356 bits per heavy atom. The van der Waals surface area contributed by atoms with E-state index in [0.717, 1.165) is 5.92 Å². The highest BCUT2D eigenvalue weighted by Crippen LogP contribution is 2.40. The number of hydrogen-bond donors (Lipinski definition) is 0. The van der Waals surface area contributed by atoms with Gasteiger partial charge >= 0.3 is 0 Å². The number of hydrogen-bond acceptors (Lipinski definition) is 0. The maximum absolute atomic E-state index is 2.79. The molecule has 1 rings (SSSR count). The second-order valence-corrected chi connectivity index (χ2v) is 20.2. The molecule has 0 bridgehead atoms. The molecule has 0 fully saturated rings. The Bertz CT molecular complexity index is 881. The van der Waals surface area contributed by atoms with E-state index in [4.69, 9.17) is 0 Å². The van der Waals surface area contributed by atoms with E-state index in [0.29, 0.717) is 0 Å². The molecule has 350 valence electrons. The first kappa shape index (κ1) is 58.5. The molecule has 0 aliphatic heterocycles. The molecule has 0 aromatic heterocycles. The number of rotatable bonds is 46. The first-order valence-corrected chi connectivity index (χ1v) is 27.4. The molecule has 0 heterocycles. The predicted octanol–water partition coefficient (Wildman–Crippen LogP) is 16.7. The number of unbranched alkanes of at least 4 members (excludes halogenated alkanes) is 34. The number of nitrogens with zero attached hydrogens (tertiary/aromatic N) is 1. The van der Waals surface area contributed by atoms with Crippen LogP contribution in [0.3, 0.4) is 0 Å². The second-order valence-electron chi connectivity index (χ2n) is 20.2. The van der Waals surface area contributed by atoms with Gasteiger partial charge in [0.25, 0.3) is 0 Å². The third-order valence-corrected chi connectivity index (χ3v) is 14.8. The van der Waals surface area contributed by atoms with Crippen molar-refractivity contribution in [2.24, 2.45) is 5.92 Å². The van der Waals surface area contributed by atoms with Crippen molar-refractivity contribution >= 4 is 0 Å². The molecule has 1 atom stereocenters. The summed E-state index contributed by atoms with van der Waals surface area (Å²) in [7, 11) is 0. The number of halogens is 1. The molecule has 0 aliphatic carbocycles. The lowest BCUT2D eigenvalue weighted by Crippen LogP contribution is -3.00. The maximum atomic E-state index is 2.79. The topological polar surface area (TPSA) is 0 Å². The van der Waals surface area contributed by atoms with Gasteiger partial charge in [-0.15, -0.1) is 0 Å². The third kappa shape index (κ3) is 31.0. The Hall–Kier alpha value is -0.530. The fourth-order valence-corrected chi connectivity index (χ4v) is 10.4. The Labute approximate surface area is 380 Å². The smallest absolute Gasteiger partial charge is 0.0967 e. The van der Waals surface area contributed by atoms with E-state index in [1.165, 1.54) is 281 Å². The molecule has 0 amide bonds. The van der Waals surface area contributed by atoms with Gasteiger partial charge in [0.2, 0.25) is 0 Å².